The highest BCUT2D eigenvalue weighted by Crippen LogP contribution is 2.50. The number of nitrogens with zero attached hydrogens (tertiary/aromatic N) is 3. The first-order chi connectivity index (χ1) is 21.7. The Bertz CT molecular complexity index is 2650. The zero-order chi connectivity index (χ0) is 28.9. The van der Waals surface area contributed by atoms with Crippen LogP contribution < -0.4 is 0 Å². The quantitative estimate of drug-likeness (QED) is 0.193. The van der Waals surface area contributed by atoms with E-state index in [0.29, 0.717) is 0 Å². The average Bonchev–Trinajstić information content (AvgIpc) is 3.73. The lowest BCUT2D eigenvalue weighted by molar-refractivity contribution is 0.418. The predicted octanol–water partition coefficient (Wildman–Crippen LogP) is 10.6. The van der Waals surface area contributed by atoms with E-state index in [4.69, 9.17) is 9.41 Å². The highest BCUT2D eigenvalue weighted by molar-refractivity contribution is 7.19. The summed E-state index contributed by atoms with van der Waals surface area (Å²) in [5, 5.41) is 8.42. The molecule has 4 heterocycles. The van der Waals surface area contributed by atoms with E-state index >= 15 is 0 Å². The van der Waals surface area contributed by atoms with Gasteiger partial charge in [0.05, 0.1) is 27.6 Å². The molecule has 3 aromatic heterocycles. The molecule has 1 atom stereocenters. The molecule has 44 heavy (non-hydrogen) atoms. The molecule has 4 nitrogen and oxygen atoms in total. The third-order valence-corrected chi connectivity index (χ3v) is 10.4. The summed E-state index contributed by atoms with van der Waals surface area (Å²) in [7, 11) is 2.19. The summed E-state index contributed by atoms with van der Waals surface area (Å²) in [5.74, 6) is 0.914. The first-order valence-corrected chi connectivity index (χ1v) is 15.7. The number of hydrogen-bond acceptors (Lipinski definition) is 4. The zero-order valence-corrected chi connectivity index (χ0v) is 24.7. The fraction of sp³-hybridized carbons (Fsp3) is 0.0513. The van der Waals surface area contributed by atoms with E-state index in [0.717, 1.165) is 44.6 Å². The Labute approximate surface area is 256 Å². The molecule has 0 N–H and O–H groups in total. The number of thiophene rings is 1. The summed E-state index contributed by atoms with van der Waals surface area (Å²) in [6.07, 6.45) is 0. The monoisotopic (exact) mass is 583 g/mol. The third kappa shape index (κ3) is 3.19. The SMILES string of the molecule is CN1C(n2c3ccccc3c3cc4ccccc4cc32)=Nc2c(sc3ccccc23)C1c1cccc2oc3ccccc3c12. The zero-order valence-electron chi connectivity index (χ0n) is 23.9. The molecule has 5 heteroatoms. The molecule has 0 fully saturated rings. The van der Waals surface area contributed by atoms with Crippen LogP contribution in [0.3, 0.4) is 0 Å². The van der Waals surface area contributed by atoms with Crippen molar-refractivity contribution in [2.24, 2.45) is 4.99 Å². The fourth-order valence-electron chi connectivity index (χ4n) is 7.28. The molecule has 1 aliphatic rings. The van der Waals surface area contributed by atoms with Gasteiger partial charge >= 0.3 is 0 Å². The highest BCUT2D eigenvalue weighted by Gasteiger charge is 2.35. The molecule has 0 saturated heterocycles. The molecule has 10 rings (SSSR count). The van der Waals surface area contributed by atoms with Crippen LogP contribution in [0.25, 0.3) is 64.6 Å². The van der Waals surface area contributed by atoms with Crippen LogP contribution in [0.15, 0.2) is 137 Å². The Morgan fingerprint density at radius 1 is 0.636 bits per heavy atom. The molecule has 1 aliphatic heterocycles. The molecule has 9 aromatic rings. The molecule has 0 radical (unpaired) electrons. The highest BCUT2D eigenvalue weighted by atomic mass is 32.1. The van der Waals surface area contributed by atoms with Gasteiger partial charge in [0.15, 0.2) is 0 Å². The van der Waals surface area contributed by atoms with Gasteiger partial charge in [-0.2, -0.15) is 0 Å². The second-order valence-electron chi connectivity index (χ2n) is 11.6. The normalized spacial score (nSPS) is 15.2. The molecular weight excluding hydrogens is 559 g/mol. The number of aromatic nitrogens is 1. The van der Waals surface area contributed by atoms with Crippen molar-refractivity contribution in [3.05, 3.63) is 138 Å². The molecule has 208 valence electrons. The van der Waals surface area contributed by atoms with Crippen LogP contribution >= 0.6 is 11.3 Å². The molecule has 1 unspecified atom stereocenters. The lowest BCUT2D eigenvalue weighted by Gasteiger charge is -2.35. The summed E-state index contributed by atoms with van der Waals surface area (Å²) < 4.78 is 9.99. The summed E-state index contributed by atoms with van der Waals surface area (Å²) >= 11 is 1.84. The molecule has 6 aromatic carbocycles. The van der Waals surface area contributed by atoms with Crippen LogP contribution in [-0.2, 0) is 0 Å². The number of hydrogen-bond donors (Lipinski definition) is 0. The van der Waals surface area contributed by atoms with Crippen molar-refractivity contribution in [2.45, 2.75) is 6.04 Å². The van der Waals surface area contributed by atoms with E-state index in [2.05, 4.69) is 138 Å². The molecule has 0 spiro atoms. The van der Waals surface area contributed by atoms with Gasteiger partial charge in [0.25, 0.3) is 0 Å². The smallest absolute Gasteiger partial charge is 0.211 e. The number of benzene rings is 6. The van der Waals surface area contributed by atoms with E-state index < -0.39 is 0 Å². The minimum atomic E-state index is -0.0590. The minimum absolute atomic E-state index is 0.0590. The van der Waals surface area contributed by atoms with E-state index in [9.17, 15) is 0 Å². The summed E-state index contributed by atoms with van der Waals surface area (Å²) in [5.41, 5.74) is 6.41. The second kappa shape index (κ2) is 8.82. The van der Waals surface area contributed by atoms with Crippen LogP contribution in [0.1, 0.15) is 16.5 Å². The van der Waals surface area contributed by atoms with Gasteiger partial charge in [0, 0.05) is 38.7 Å². The van der Waals surface area contributed by atoms with Gasteiger partial charge in [-0.05, 0) is 52.7 Å². The van der Waals surface area contributed by atoms with Crippen molar-refractivity contribution in [3.8, 4) is 0 Å². The van der Waals surface area contributed by atoms with E-state index in [1.165, 1.54) is 42.1 Å². The summed E-state index contributed by atoms with van der Waals surface area (Å²) in [6, 6.07) is 45.4. The first kappa shape index (κ1) is 24.1. The first-order valence-electron chi connectivity index (χ1n) is 14.9. The van der Waals surface area contributed by atoms with Gasteiger partial charge in [0.1, 0.15) is 11.2 Å². The number of para-hydroxylation sites is 2. The van der Waals surface area contributed by atoms with Crippen LogP contribution in [0.2, 0.25) is 0 Å². The number of rotatable bonds is 1. The average molecular weight is 584 g/mol. The van der Waals surface area contributed by atoms with Gasteiger partial charge in [-0.1, -0.05) is 91.0 Å². The van der Waals surface area contributed by atoms with Crippen molar-refractivity contribution in [3.63, 3.8) is 0 Å². The maximum absolute atomic E-state index is 6.37. The fourth-order valence-corrected chi connectivity index (χ4v) is 8.59. The number of furan rings is 1. The Hall–Kier alpha value is -5.39. The Kier molecular flexibility index (Phi) is 4.83. The molecular formula is C39H25N3OS. The Morgan fingerprint density at radius 2 is 1.34 bits per heavy atom. The lowest BCUT2D eigenvalue weighted by Crippen LogP contribution is -2.38. The molecule has 0 bridgehead atoms. The molecule has 0 saturated carbocycles. The Morgan fingerprint density at radius 3 is 2.23 bits per heavy atom. The summed E-state index contributed by atoms with van der Waals surface area (Å²) in [4.78, 5) is 9.16. The van der Waals surface area contributed by atoms with Crippen molar-refractivity contribution in [2.75, 3.05) is 7.05 Å². The van der Waals surface area contributed by atoms with Gasteiger partial charge in [-0.15, -0.1) is 11.3 Å². The maximum atomic E-state index is 6.37. The van der Waals surface area contributed by atoms with Gasteiger partial charge in [-0.3, -0.25) is 4.57 Å². The molecule has 0 aliphatic carbocycles. The van der Waals surface area contributed by atoms with E-state index in [-0.39, 0.29) is 6.04 Å². The largest absolute Gasteiger partial charge is 0.456 e. The van der Waals surface area contributed by atoms with Crippen LogP contribution in [-0.4, -0.2) is 22.5 Å². The molecule has 0 amide bonds. The number of aliphatic imine (C=N–C) groups is 1. The topological polar surface area (TPSA) is 33.7 Å². The second-order valence-corrected chi connectivity index (χ2v) is 12.7. The van der Waals surface area contributed by atoms with Gasteiger partial charge < -0.3 is 9.32 Å². The van der Waals surface area contributed by atoms with Gasteiger partial charge in [0.2, 0.25) is 5.96 Å². The van der Waals surface area contributed by atoms with Crippen molar-refractivity contribution >= 4 is 87.6 Å². The minimum Gasteiger partial charge on any atom is -0.456 e. The maximum Gasteiger partial charge on any atom is 0.211 e. The van der Waals surface area contributed by atoms with Gasteiger partial charge in [-0.25, -0.2) is 4.99 Å². The van der Waals surface area contributed by atoms with E-state index in [1.54, 1.807) is 0 Å². The van der Waals surface area contributed by atoms with Crippen LogP contribution in [0.4, 0.5) is 5.69 Å². The van der Waals surface area contributed by atoms with Crippen LogP contribution in [0, 0.1) is 0 Å². The van der Waals surface area contributed by atoms with E-state index in [1.807, 2.05) is 17.4 Å². The van der Waals surface area contributed by atoms with Crippen molar-refractivity contribution in [1.29, 1.82) is 0 Å². The Balaban J connectivity index is 1.32. The lowest BCUT2D eigenvalue weighted by atomic mass is 9.96. The predicted molar refractivity (Wildman–Crippen MR) is 185 cm³/mol. The van der Waals surface area contributed by atoms with Crippen molar-refractivity contribution in [1.82, 2.24) is 9.47 Å². The third-order valence-electron chi connectivity index (χ3n) is 9.23. The van der Waals surface area contributed by atoms with Crippen LogP contribution in [0.5, 0.6) is 0 Å². The number of fused-ring (bicyclic) bond motifs is 10. The summed E-state index contributed by atoms with van der Waals surface area (Å²) in [6.45, 7) is 0. The standard InChI is InChI=1S/C39H25N3OS/c1-41-37(28-16-10-19-33-35(28)26-14-5-8-18-32(26)43-33)38-36(27-15-6-9-20-34(27)44-38)40-39(41)42-30-17-7-4-13-25(30)29-21-23-11-2-3-12-24(23)22-31(29)42/h2-22,37H,1H3. The van der Waals surface area contributed by atoms with Crippen molar-refractivity contribution < 1.29 is 4.42 Å².